The number of hydrogen-bond acceptors (Lipinski definition) is 5. The largest absolute Gasteiger partial charge is 0.494 e. The van der Waals surface area contributed by atoms with Gasteiger partial charge in [-0.3, -0.25) is 4.18 Å². The molecule has 0 N–H and O–H groups in total. The topological polar surface area (TPSA) is 61.8 Å². The van der Waals surface area contributed by atoms with Gasteiger partial charge in [0.25, 0.3) is 10.1 Å². The average molecular weight is 326 g/mol. The molecule has 7 heteroatoms. The summed E-state index contributed by atoms with van der Waals surface area (Å²) < 4.78 is 38.6. The normalized spacial score (nSPS) is 20.3. The number of benzene rings is 1. The molecule has 0 aromatic heterocycles. The molecule has 0 spiro atoms. The Bertz CT molecular complexity index is 606. The standard InChI is InChI=1S/C15H23BO5S/c1-14(2)15(3,4)21-16(20-14)13-8-6-12(7-9-13)10-11-19-22(5,17)18/h6-9H,10-11H2,1-5H3. The lowest BCUT2D eigenvalue weighted by Gasteiger charge is -2.32. The van der Waals surface area contributed by atoms with Gasteiger partial charge in [-0.15, -0.1) is 0 Å². The fraction of sp³-hybridized carbons (Fsp3) is 0.600. The van der Waals surface area contributed by atoms with Gasteiger partial charge in [0.05, 0.1) is 24.1 Å². The van der Waals surface area contributed by atoms with Crippen molar-refractivity contribution < 1.29 is 21.9 Å². The highest BCUT2D eigenvalue weighted by Gasteiger charge is 2.51. The van der Waals surface area contributed by atoms with Crippen molar-refractivity contribution in [2.24, 2.45) is 0 Å². The van der Waals surface area contributed by atoms with Crippen LogP contribution in [0.5, 0.6) is 0 Å². The summed E-state index contributed by atoms with van der Waals surface area (Å²) in [4.78, 5) is 0. The van der Waals surface area contributed by atoms with Crippen LogP contribution in [0.3, 0.4) is 0 Å². The van der Waals surface area contributed by atoms with Gasteiger partial charge < -0.3 is 9.31 Å². The summed E-state index contributed by atoms with van der Waals surface area (Å²) in [5.41, 5.74) is 1.23. The van der Waals surface area contributed by atoms with Crippen molar-refractivity contribution in [2.45, 2.75) is 45.3 Å². The predicted octanol–water partition coefficient (Wildman–Crippen LogP) is 1.50. The minimum Gasteiger partial charge on any atom is -0.399 e. The van der Waals surface area contributed by atoms with E-state index >= 15 is 0 Å². The van der Waals surface area contributed by atoms with Gasteiger partial charge in [0.15, 0.2) is 0 Å². The molecule has 122 valence electrons. The van der Waals surface area contributed by atoms with Crippen LogP contribution in [0.1, 0.15) is 33.3 Å². The van der Waals surface area contributed by atoms with Crippen molar-refractivity contribution in [1.29, 1.82) is 0 Å². The maximum absolute atomic E-state index is 10.9. The Kier molecular flexibility index (Phi) is 4.73. The summed E-state index contributed by atoms with van der Waals surface area (Å²) in [6.45, 7) is 8.22. The van der Waals surface area contributed by atoms with E-state index < -0.39 is 10.1 Å². The second-order valence-corrected chi connectivity index (χ2v) is 8.25. The van der Waals surface area contributed by atoms with Crippen LogP contribution in [0.4, 0.5) is 0 Å². The minimum absolute atomic E-state index is 0.147. The summed E-state index contributed by atoms with van der Waals surface area (Å²) in [5.74, 6) is 0. The number of rotatable bonds is 5. The van der Waals surface area contributed by atoms with Crippen LogP contribution in [-0.2, 0) is 30.0 Å². The maximum atomic E-state index is 10.9. The van der Waals surface area contributed by atoms with E-state index in [0.29, 0.717) is 6.42 Å². The summed E-state index contributed by atoms with van der Waals surface area (Å²) in [6, 6.07) is 7.76. The molecule has 2 rings (SSSR count). The molecule has 1 heterocycles. The summed E-state index contributed by atoms with van der Waals surface area (Å²) >= 11 is 0. The second-order valence-electron chi connectivity index (χ2n) is 6.61. The lowest BCUT2D eigenvalue weighted by atomic mass is 9.79. The van der Waals surface area contributed by atoms with Gasteiger partial charge in [0.2, 0.25) is 0 Å². The van der Waals surface area contributed by atoms with Crippen molar-refractivity contribution in [1.82, 2.24) is 0 Å². The van der Waals surface area contributed by atoms with Crippen LogP contribution in [0.25, 0.3) is 0 Å². The molecule has 0 unspecified atom stereocenters. The van der Waals surface area contributed by atoms with Gasteiger partial charge in [-0.25, -0.2) is 0 Å². The molecule has 22 heavy (non-hydrogen) atoms. The Hall–Kier alpha value is -0.885. The van der Waals surface area contributed by atoms with E-state index in [1.54, 1.807) is 0 Å². The van der Waals surface area contributed by atoms with E-state index in [4.69, 9.17) is 13.5 Å². The zero-order chi connectivity index (χ0) is 16.6. The maximum Gasteiger partial charge on any atom is 0.494 e. The lowest BCUT2D eigenvalue weighted by Crippen LogP contribution is -2.41. The molecule has 1 saturated heterocycles. The highest BCUT2D eigenvalue weighted by atomic mass is 32.2. The van der Waals surface area contributed by atoms with E-state index in [-0.39, 0.29) is 24.9 Å². The molecular formula is C15H23BO5S. The van der Waals surface area contributed by atoms with Crippen LogP contribution < -0.4 is 5.46 Å². The molecular weight excluding hydrogens is 303 g/mol. The van der Waals surface area contributed by atoms with E-state index in [2.05, 4.69) is 0 Å². The first-order valence-corrected chi connectivity index (χ1v) is 9.11. The second kappa shape index (κ2) is 5.96. The van der Waals surface area contributed by atoms with Gasteiger partial charge in [0.1, 0.15) is 0 Å². The van der Waals surface area contributed by atoms with Crippen molar-refractivity contribution in [3.05, 3.63) is 29.8 Å². The third-order valence-electron chi connectivity index (χ3n) is 4.19. The first kappa shape index (κ1) is 17.5. The summed E-state index contributed by atoms with van der Waals surface area (Å²) in [7, 11) is -3.76. The van der Waals surface area contributed by atoms with E-state index in [1.165, 1.54) is 0 Å². The Morgan fingerprint density at radius 1 is 1.05 bits per heavy atom. The zero-order valence-electron chi connectivity index (χ0n) is 13.8. The van der Waals surface area contributed by atoms with Crippen LogP contribution in [0.2, 0.25) is 0 Å². The molecule has 1 aliphatic heterocycles. The van der Waals surface area contributed by atoms with Gasteiger partial charge in [-0.05, 0) is 45.1 Å². The van der Waals surface area contributed by atoms with Crippen molar-refractivity contribution in [2.75, 3.05) is 12.9 Å². The van der Waals surface area contributed by atoms with Crippen LogP contribution in [0.15, 0.2) is 24.3 Å². The van der Waals surface area contributed by atoms with E-state index in [1.807, 2.05) is 52.0 Å². The molecule has 0 aliphatic carbocycles. The highest BCUT2D eigenvalue weighted by Crippen LogP contribution is 2.36. The number of hydrogen-bond donors (Lipinski definition) is 0. The van der Waals surface area contributed by atoms with Gasteiger partial charge >= 0.3 is 7.12 Å². The van der Waals surface area contributed by atoms with Crippen molar-refractivity contribution in [3.63, 3.8) is 0 Å². The van der Waals surface area contributed by atoms with Crippen LogP contribution >= 0.6 is 0 Å². The molecule has 0 amide bonds. The molecule has 0 radical (unpaired) electrons. The fourth-order valence-electron chi connectivity index (χ4n) is 2.13. The van der Waals surface area contributed by atoms with E-state index in [9.17, 15) is 8.42 Å². The minimum atomic E-state index is -3.38. The third kappa shape index (κ3) is 4.10. The van der Waals surface area contributed by atoms with Crippen LogP contribution in [0, 0.1) is 0 Å². The smallest absolute Gasteiger partial charge is 0.399 e. The Morgan fingerprint density at radius 2 is 1.55 bits per heavy atom. The first-order chi connectivity index (χ1) is 10.0. The van der Waals surface area contributed by atoms with Gasteiger partial charge in [0, 0.05) is 0 Å². The van der Waals surface area contributed by atoms with E-state index in [0.717, 1.165) is 17.3 Å². The SMILES string of the molecule is CC1(C)OB(c2ccc(CCOS(C)(=O)=O)cc2)OC1(C)C. The van der Waals surface area contributed by atoms with Gasteiger partial charge in [-0.1, -0.05) is 24.3 Å². The lowest BCUT2D eigenvalue weighted by molar-refractivity contribution is 0.00578. The Labute approximate surface area is 133 Å². The predicted molar refractivity (Wildman–Crippen MR) is 86.7 cm³/mol. The molecule has 0 saturated carbocycles. The summed E-state index contributed by atoms with van der Waals surface area (Å²) in [5, 5.41) is 0. The molecule has 1 fully saturated rings. The molecule has 1 aromatic rings. The molecule has 1 aromatic carbocycles. The Balaban J connectivity index is 1.98. The third-order valence-corrected chi connectivity index (χ3v) is 4.79. The summed E-state index contributed by atoms with van der Waals surface area (Å²) in [6.07, 6.45) is 1.59. The highest BCUT2D eigenvalue weighted by molar-refractivity contribution is 7.85. The van der Waals surface area contributed by atoms with Crippen molar-refractivity contribution >= 4 is 22.7 Å². The average Bonchev–Trinajstić information content (AvgIpc) is 2.58. The van der Waals surface area contributed by atoms with Crippen LogP contribution in [-0.4, -0.2) is 39.6 Å². The zero-order valence-corrected chi connectivity index (χ0v) is 14.6. The fourth-order valence-corrected chi connectivity index (χ4v) is 2.52. The quantitative estimate of drug-likeness (QED) is 0.606. The first-order valence-electron chi connectivity index (χ1n) is 7.29. The monoisotopic (exact) mass is 326 g/mol. The van der Waals surface area contributed by atoms with Gasteiger partial charge in [-0.2, -0.15) is 8.42 Å². The molecule has 5 nitrogen and oxygen atoms in total. The molecule has 1 aliphatic rings. The van der Waals surface area contributed by atoms with Crippen molar-refractivity contribution in [3.8, 4) is 0 Å². The molecule has 0 bridgehead atoms. The molecule has 0 atom stereocenters. The Morgan fingerprint density at radius 3 is 2.00 bits per heavy atom.